The number of anilines is 1. The molecule has 2 amide bonds. The van der Waals surface area contributed by atoms with Gasteiger partial charge in [-0.05, 0) is 51.0 Å². The van der Waals surface area contributed by atoms with Crippen LogP contribution in [0.1, 0.15) is 30.5 Å². The Morgan fingerprint density at radius 3 is 2.22 bits per heavy atom. The summed E-state index contributed by atoms with van der Waals surface area (Å²) in [6.45, 7) is 7.29. The second-order valence-electron chi connectivity index (χ2n) is 6.90. The van der Waals surface area contributed by atoms with E-state index in [1.165, 1.54) is 6.07 Å². The Hall–Kier alpha value is -3.02. The van der Waals surface area contributed by atoms with Gasteiger partial charge in [-0.2, -0.15) is 0 Å². The van der Waals surface area contributed by atoms with Crippen LogP contribution in [-0.2, 0) is 9.59 Å². The fraction of sp³-hybridized carbons (Fsp3) is 0.238. The fourth-order valence-electron chi connectivity index (χ4n) is 3.19. The van der Waals surface area contributed by atoms with Crippen LogP contribution in [0.2, 0.25) is 0 Å². The number of aryl methyl sites for hydroxylation is 2. The molecule has 0 saturated heterocycles. The molecule has 0 aliphatic carbocycles. The fourth-order valence-corrected chi connectivity index (χ4v) is 3.19. The Kier molecular flexibility index (Phi) is 4.83. The molecule has 1 aliphatic rings. The van der Waals surface area contributed by atoms with Crippen LogP contribution in [0, 0.1) is 25.5 Å². The van der Waals surface area contributed by atoms with Crippen LogP contribution >= 0.6 is 0 Å². The second-order valence-corrected chi connectivity index (χ2v) is 6.90. The Labute approximate surface area is 156 Å². The highest BCUT2D eigenvalue weighted by molar-refractivity contribution is 6.36. The summed E-state index contributed by atoms with van der Waals surface area (Å²) in [5.41, 5.74) is 3.00. The van der Waals surface area contributed by atoms with Crippen LogP contribution in [0.25, 0.3) is 5.57 Å². The second kappa shape index (κ2) is 6.95. The van der Waals surface area contributed by atoms with Gasteiger partial charge in [-0.25, -0.2) is 8.78 Å². The van der Waals surface area contributed by atoms with Crippen molar-refractivity contribution >= 4 is 23.1 Å². The molecular weight excluding hydrogens is 350 g/mol. The summed E-state index contributed by atoms with van der Waals surface area (Å²) in [7, 11) is 0. The number of halogens is 2. The standard InChI is InChI=1S/C21H20F2N2O2/c1-11(2)25-20(26)18(15-7-5-12(3)9-13(15)4)19(21(25)27)24-14-6-8-16(22)17(23)10-14/h5-11,24H,1-4H3. The maximum atomic E-state index is 13.6. The average molecular weight is 370 g/mol. The molecule has 1 aliphatic heterocycles. The Morgan fingerprint density at radius 1 is 0.926 bits per heavy atom. The van der Waals surface area contributed by atoms with Crippen molar-refractivity contribution in [2.24, 2.45) is 0 Å². The lowest BCUT2D eigenvalue weighted by atomic mass is 9.97. The van der Waals surface area contributed by atoms with Crippen molar-refractivity contribution in [1.29, 1.82) is 0 Å². The Balaban J connectivity index is 2.15. The smallest absolute Gasteiger partial charge is 0.278 e. The molecule has 0 bridgehead atoms. The van der Waals surface area contributed by atoms with E-state index in [-0.39, 0.29) is 23.0 Å². The first-order valence-electron chi connectivity index (χ1n) is 8.62. The highest BCUT2D eigenvalue weighted by atomic mass is 19.2. The zero-order valence-corrected chi connectivity index (χ0v) is 15.6. The average Bonchev–Trinajstić information content (AvgIpc) is 2.82. The molecule has 2 aromatic rings. The third-order valence-corrected chi connectivity index (χ3v) is 4.47. The minimum Gasteiger partial charge on any atom is -0.350 e. The lowest BCUT2D eigenvalue weighted by Gasteiger charge is -2.19. The molecular formula is C21H20F2N2O2. The third kappa shape index (κ3) is 3.35. The monoisotopic (exact) mass is 370 g/mol. The molecule has 0 fully saturated rings. The van der Waals surface area contributed by atoms with E-state index in [4.69, 9.17) is 0 Å². The first-order valence-corrected chi connectivity index (χ1v) is 8.62. The molecule has 0 spiro atoms. The molecule has 0 aromatic heterocycles. The lowest BCUT2D eigenvalue weighted by molar-refractivity contribution is -0.138. The van der Waals surface area contributed by atoms with Crippen LogP contribution in [0.4, 0.5) is 14.5 Å². The molecule has 1 N–H and O–H groups in total. The zero-order chi connectivity index (χ0) is 19.9. The number of nitrogens with zero attached hydrogens (tertiary/aromatic N) is 1. The van der Waals surface area contributed by atoms with E-state index < -0.39 is 23.4 Å². The van der Waals surface area contributed by atoms with Gasteiger partial charge >= 0.3 is 0 Å². The van der Waals surface area contributed by atoms with Gasteiger partial charge in [-0.1, -0.05) is 23.8 Å². The van der Waals surface area contributed by atoms with Gasteiger partial charge < -0.3 is 5.32 Å². The number of hydrogen-bond acceptors (Lipinski definition) is 3. The van der Waals surface area contributed by atoms with Gasteiger partial charge in [0.25, 0.3) is 11.8 Å². The molecule has 0 unspecified atom stereocenters. The number of hydrogen-bond donors (Lipinski definition) is 1. The van der Waals surface area contributed by atoms with Gasteiger partial charge in [0.15, 0.2) is 11.6 Å². The maximum Gasteiger partial charge on any atom is 0.278 e. The van der Waals surface area contributed by atoms with Crippen LogP contribution in [0.15, 0.2) is 42.1 Å². The van der Waals surface area contributed by atoms with Crippen molar-refractivity contribution in [1.82, 2.24) is 4.90 Å². The van der Waals surface area contributed by atoms with Crippen LogP contribution in [0.5, 0.6) is 0 Å². The first-order chi connectivity index (χ1) is 12.7. The number of amides is 2. The zero-order valence-electron chi connectivity index (χ0n) is 15.6. The molecule has 27 heavy (non-hydrogen) atoms. The van der Waals surface area contributed by atoms with Gasteiger partial charge in [0, 0.05) is 17.8 Å². The molecule has 140 valence electrons. The topological polar surface area (TPSA) is 49.4 Å². The minimum absolute atomic E-state index is 0.0617. The summed E-state index contributed by atoms with van der Waals surface area (Å²) in [5, 5.41) is 2.83. The highest BCUT2D eigenvalue weighted by Gasteiger charge is 2.41. The Bertz CT molecular complexity index is 980. The first kappa shape index (κ1) is 18.8. The van der Waals surface area contributed by atoms with E-state index in [0.717, 1.165) is 28.2 Å². The predicted octanol–water partition coefficient (Wildman–Crippen LogP) is 4.18. The van der Waals surface area contributed by atoms with E-state index in [0.29, 0.717) is 5.56 Å². The number of imide groups is 1. The van der Waals surface area contributed by atoms with Crippen molar-refractivity contribution in [2.75, 3.05) is 5.32 Å². The van der Waals surface area contributed by atoms with Crippen LogP contribution < -0.4 is 5.32 Å². The molecule has 3 rings (SSSR count). The molecule has 0 atom stereocenters. The van der Waals surface area contributed by atoms with Crippen molar-refractivity contribution in [3.63, 3.8) is 0 Å². The normalized spacial score (nSPS) is 14.6. The molecule has 0 saturated carbocycles. The number of benzene rings is 2. The maximum absolute atomic E-state index is 13.6. The largest absolute Gasteiger partial charge is 0.350 e. The minimum atomic E-state index is -1.04. The van der Waals surface area contributed by atoms with Crippen molar-refractivity contribution in [3.05, 3.63) is 70.4 Å². The van der Waals surface area contributed by atoms with Crippen LogP contribution in [0.3, 0.4) is 0 Å². The van der Waals surface area contributed by atoms with Gasteiger partial charge in [-0.3, -0.25) is 14.5 Å². The SMILES string of the molecule is Cc1ccc(C2=C(Nc3ccc(F)c(F)c3)C(=O)N(C(C)C)C2=O)c(C)c1. The van der Waals surface area contributed by atoms with Crippen LogP contribution in [-0.4, -0.2) is 22.8 Å². The third-order valence-electron chi connectivity index (χ3n) is 4.47. The molecule has 1 heterocycles. The van der Waals surface area contributed by atoms with E-state index in [1.807, 2.05) is 26.0 Å². The van der Waals surface area contributed by atoms with E-state index in [1.54, 1.807) is 19.9 Å². The van der Waals surface area contributed by atoms with Gasteiger partial charge in [-0.15, -0.1) is 0 Å². The summed E-state index contributed by atoms with van der Waals surface area (Å²) in [6.07, 6.45) is 0. The molecule has 6 heteroatoms. The number of carbonyl (C=O) groups excluding carboxylic acids is 2. The molecule has 0 radical (unpaired) electrons. The van der Waals surface area contributed by atoms with Gasteiger partial charge in [0.05, 0.1) is 5.57 Å². The highest BCUT2D eigenvalue weighted by Crippen LogP contribution is 2.33. The number of rotatable bonds is 4. The summed E-state index contributed by atoms with van der Waals surface area (Å²) in [6, 6.07) is 8.49. The summed E-state index contributed by atoms with van der Waals surface area (Å²) >= 11 is 0. The summed E-state index contributed by atoms with van der Waals surface area (Å²) < 4.78 is 26.8. The van der Waals surface area contributed by atoms with E-state index in [9.17, 15) is 18.4 Å². The summed E-state index contributed by atoms with van der Waals surface area (Å²) in [4.78, 5) is 27.0. The number of nitrogens with one attached hydrogen (secondary N) is 1. The summed E-state index contributed by atoms with van der Waals surface area (Å²) in [5.74, 6) is -2.92. The lowest BCUT2D eigenvalue weighted by Crippen LogP contribution is -2.38. The van der Waals surface area contributed by atoms with Crippen molar-refractivity contribution in [2.45, 2.75) is 33.7 Å². The quantitative estimate of drug-likeness (QED) is 0.822. The van der Waals surface area contributed by atoms with Crippen molar-refractivity contribution in [3.8, 4) is 0 Å². The Morgan fingerprint density at radius 2 is 1.63 bits per heavy atom. The molecule has 2 aromatic carbocycles. The predicted molar refractivity (Wildman–Crippen MR) is 99.8 cm³/mol. The van der Waals surface area contributed by atoms with Gasteiger partial charge in [0.1, 0.15) is 5.70 Å². The van der Waals surface area contributed by atoms with E-state index >= 15 is 0 Å². The van der Waals surface area contributed by atoms with Crippen molar-refractivity contribution < 1.29 is 18.4 Å². The van der Waals surface area contributed by atoms with Gasteiger partial charge in [0.2, 0.25) is 0 Å². The van der Waals surface area contributed by atoms with E-state index in [2.05, 4.69) is 5.32 Å². The molecule has 4 nitrogen and oxygen atoms in total. The number of carbonyl (C=O) groups is 2.